The summed E-state index contributed by atoms with van der Waals surface area (Å²) in [5.41, 5.74) is 6.20. The molecule has 8 nitrogen and oxygen atoms in total. The smallest absolute Gasteiger partial charge is 0.354 e. The molecule has 0 aromatic carbocycles. The summed E-state index contributed by atoms with van der Waals surface area (Å²) in [6.45, 7) is 0. The second-order valence-corrected chi connectivity index (χ2v) is 3.84. The van der Waals surface area contributed by atoms with E-state index in [9.17, 15) is 9.59 Å². The minimum absolute atomic E-state index is 0.0981. The van der Waals surface area contributed by atoms with Crippen molar-refractivity contribution in [2.24, 2.45) is 7.05 Å². The van der Waals surface area contributed by atoms with Crippen LogP contribution in [0.1, 0.15) is 21.1 Å². The number of nitrogens with zero attached hydrogens (tertiary/aromatic N) is 2. The summed E-state index contributed by atoms with van der Waals surface area (Å²) < 4.78 is 6.17. The number of imidazole rings is 1. The van der Waals surface area contributed by atoms with Gasteiger partial charge in [0.2, 0.25) is 0 Å². The molecule has 4 N–H and O–H groups in total. The zero-order valence-corrected chi connectivity index (χ0v) is 10.4. The van der Waals surface area contributed by atoms with E-state index in [1.807, 2.05) is 0 Å². The number of aromatic nitrogens is 3. The number of aryl methyl sites for hydroxylation is 1. The minimum atomic E-state index is -0.481. The van der Waals surface area contributed by atoms with E-state index in [4.69, 9.17) is 5.73 Å². The number of rotatable bonds is 3. The third-order valence-electron chi connectivity index (χ3n) is 2.47. The molecule has 8 heteroatoms. The number of amides is 1. The van der Waals surface area contributed by atoms with Crippen LogP contribution in [0, 0.1) is 0 Å². The molecule has 0 fully saturated rings. The maximum Gasteiger partial charge on any atom is 0.354 e. The van der Waals surface area contributed by atoms with Gasteiger partial charge in [-0.15, -0.1) is 0 Å². The first kappa shape index (κ1) is 12.7. The summed E-state index contributed by atoms with van der Waals surface area (Å²) in [6.07, 6.45) is 3.01. The highest BCUT2D eigenvalue weighted by Gasteiger charge is 2.15. The Balaban J connectivity index is 2.16. The van der Waals surface area contributed by atoms with Crippen LogP contribution in [0.3, 0.4) is 0 Å². The highest BCUT2D eigenvalue weighted by molar-refractivity contribution is 6.02. The van der Waals surface area contributed by atoms with Gasteiger partial charge in [0.15, 0.2) is 5.82 Å². The molecule has 2 rings (SSSR count). The van der Waals surface area contributed by atoms with Crippen LogP contribution in [-0.2, 0) is 11.8 Å². The number of carbonyl (C=O) groups is 2. The summed E-state index contributed by atoms with van der Waals surface area (Å²) >= 11 is 0. The van der Waals surface area contributed by atoms with Gasteiger partial charge in [-0.3, -0.25) is 4.79 Å². The molecule has 0 saturated carbocycles. The highest BCUT2D eigenvalue weighted by atomic mass is 16.5. The molecule has 2 aromatic heterocycles. The quantitative estimate of drug-likeness (QED) is 0.692. The van der Waals surface area contributed by atoms with Gasteiger partial charge < -0.3 is 25.3 Å². The van der Waals surface area contributed by atoms with Crippen LogP contribution in [-0.4, -0.2) is 33.5 Å². The van der Waals surface area contributed by atoms with Crippen molar-refractivity contribution in [3.63, 3.8) is 0 Å². The van der Waals surface area contributed by atoms with Gasteiger partial charge >= 0.3 is 5.97 Å². The van der Waals surface area contributed by atoms with E-state index >= 15 is 0 Å². The van der Waals surface area contributed by atoms with Gasteiger partial charge in [-0.25, -0.2) is 9.78 Å². The highest BCUT2D eigenvalue weighted by Crippen LogP contribution is 2.14. The number of carbonyl (C=O) groups excluding carboxylic acids is 2. The van der Waals surface area contributed by atoms with Crippen molar-refractivity contribution >= 4 is 23.4 Å². The summed E-state index contributed by atoms with van der Waals surface area (Å²) in [7, 11) is 2.96. The third-order valence-corrected chi connectivity index (χ3v) is 2.47. The van der Waals surface area contributed by atoms with E-state index in [-0.39, 0.29) is 11.6 Å². The average Bonchev–Trinajstić information content (AvgIpc) is 2.95. The number of nitrogens with one attached hydrogen (secondary N) is 2. The fourth-order valence-electron chi connectivity index (χ4n) is 1.58. The van der Waals surface area contributed by atoms with Crippen molar-refractivity contribution < 1.29 is 14.3 Å². The Morgan fingerprint density at radius 3 is 2.84 bits per heavy atom. The molecule has 2 aromatic rings. The second kappa shape index (κ2) is 4.84. The largest absolute Gasteiger partial charge is 0.464 e. The molecule has 0 radical (unpaired) electrons. The number of esters is 1. The van der Waals surface area contributed by atoms with E-state index < -0.39 is 11.9 Å². The molecule has 100 valence electrons. The molecule has 0 aliphatic heterocycles. The standard InChI is InChI=1S/C11H13N5O3/c1-16-5-6(3-7(16)11(18)19-2)14-10(17)9-13-4-8(12)15-9/h3-5H,12H2,1-2H3,(H,13,15)(H,14,17). The maximum atomic E-state index is 11.8. The third kappa shape index (κ3) is 2.57. The van der Waals surface area contributed by atoms with Crippen LogP contribution in [0.25, 0.3) is 0 Å². The fraction of sp³-hybridized carbons (Fsp3) is 0.182. The summed E-state index contributed by atoms with van der Waals surface area (Å²) in [5.74, 6) is -0.599. The number of methoxy groups -OCH3 is 1. The maximum absolute atomic E-state index is 11.8. The van der Waals surface area contributed by atoms with Crippen molar-refractivity contribution in [2.75, 3.05) is 18.2 Å². The molecule has 0 aliphatic carbocycles. The van der Waals surface area contributed by atoms with Crippen LogP contribution in [0.2, 0.25) is 0 Å². The lowest BCUT2D eigenvalue weighted by molar-refractivity contribution is 0.0590. The molecule has 1 amide bonds. The minimum Gasteiger partial charge on any atom is -0.464 e. The number of aromatic amines is 1. The number of nitrogen functional groups attached to an aromatic ring is 1. The molecule has 0 bridgehead atoms. The summed E-state index contributed by atoms with van der Waals surface area (Å²) in [4.78, 5) is 29.7. The average molecular weight is 263 g/mol. The first-order valence-electron chi connectivity index (χ1n) is 5.38. The molecule has 0 unspecified atom stereocenters. The summed E-state index contributed by atoms with van der Waals surface area (Å²) in [5, 5.41) is 2.59. The predicted molar refractivity (Wildman–Crippen MR) is 67.7 cm³/mol. The molecule has 0 atom stereocenters. The zero-order chi connectivity index (χ0) is 14.0. The van der Waals surface area contributed by atoms with Crippen LogP contribution >= 0.6 is 0 Å². The number of hydrogen-bond donors (Lipinski definition) is 3. The molecular weight excluding hydrogens is 250 g/mol. The van der Waals surface area contributed by atoms with Crippen LogP contribution < -0.4 is 11.1 Å². The Kier molecular flexibility index (Phi) is 3.23. The van der Waals surface area contributed by atoms with E-state index in [0.29, 0.717) is 11.4 Å². The van der Waals surface area contributed by atoms with Gasteiger partial charge in [-0.2, -0.15) is 0 Å². The number of anilines is 2. The van der Waals surface area contributed by atoms with Crippen molar-refractivity contribution in [1.29, 1.82) is 0 Å². The van der Waals surface area contributed by atoms with Crippen LogP contribution in [0.4, 0.5) is 11.5 Å². The normalized spacial score (nSPS) is 10.2. The summed E-state index contributed by atoms with van der Waals surface area (Å²) in [6, 6.07) is 1.51. The van der Waals surface area contributed by atoms with Gasteiger partial charge in [-0.1, -0.05) is 0 Å². The monoisotopic (exact) mass is 263 g/mol. The van der Waals surface area contributed by atoms with Crippen molar-refractivity contribution in [2.45, 2.75) is 0 Å². The zero-order valence-electron chi connectivity index (χ0n) is 10.4. The molecule has 19 heavy (non-hydrogen) atoms. The van der Waals surface area contributed by atoms with Gasteiger partial charge in [-0.05, 0) is 6.07 Å². The number of nitrogens with two attached hydrogens (primary N) is 1. The lowest BCUT2D eigenvalue weighted by Crippen LogP contribution is -2.13. The van der Waals surface area contributed by atoms with E-state index in [2.05, 4.69) is 20.0 Å². The Morgan fingerprint density at radius 1 is 1.53 bits per heavy atom. The van der Waals surface area contributed by atoms with Gasteiger partial charge in [0.1, 0.15) is 11.5 Å². The number of ether oxygens (including phenoxy) is 1. The first-order chi connectivity index (χ1) is 9.01. The van der Waals surface area contributed by atoms with Crippen LogP contribution in [0.15, 0.2) is 18.5 Å². The predicted octanol–water partition coefficient (Wildman–Crippen LogP) is 0.369. The van der Waals surface area contributed by atoms with E-state index in [1.54, 1.807) is 17.8 Å². The van der Waals surface area contributed by atoms with Gasteiger partial charge in [0, 0.05) is 19.4 Å². The first-order valence-corrected chi connectivity index (χ1v) is 5.38. The SMILES string of the molecule is COC(=O)c1cc(NC(=O)c2nc(N)c[nH]2)cn1C. The Hall–Kier alpha value is -2.77. The molecular formula is C11H13N5O3. The van der Waals surface area contributed by atoms with Crippen LogP contribution in [0.5, 0.6) is 0 Å². The topological polar surface area (TPSA) is 115 Å². The van der Waals surface area contributed by atoms with Crippen molar-refractivity contribution in [1.82, 2.24) is 14.5 Å². The number of hydrogen-bond acceptors (Lipinski definition) is 5. The lowest BCUT2D eigenvalue weighted by Gasteiger charge is -1.98. The molecule has 0 saturated heterocycles. The van der Waals surface area contributed by atoms with E-state index in [0.717, 1.165) is 0 Å². The lowest BCUT2D eigenvalue weighted by atomic mass is 10.4. The van der Waals surface area contributed by atoms with E-state index in [1.165, 1.54) is 19.4 Å². The Morgan fingerprint density at radius 2 is 2.26 bits per heavy atom. The van der Waals surface area contributed by atoms with Crippen molar-refractivity contribution in [3.8, 4) is 0 Å². The Bertz CT molecular complexity index is 628. The molecule has 0 spiro atoms. The molecule has 0 aliphatic rings. The number of H-pyrrole nitrogens is 1. The van der Waals surface area contributed by atoms with Gasteiger partial charge in [0.05, 0.1) is 12.8 Å². The van der Waals surface area contributed by atoms with Crippen molar-refractivity contribution in [3.05, 3.63) is 30.0 Å². The van der Waals surface area contributed by atoms with Gasteiger partial charge in [0.25, 0.3) is 5.91 Å². The Labute approximate surface area is 108 Å². The molecule has 2 heterocycles. The fourth-order valence-corrected chi connectivity index (χ4v) is 1.58. The second-order valence-electron chi connectivity index (χ2n) is 3.84.